The van der Waals surface area contributed by atoms with Crippen molar-refractivity contribution in [3.05, 3.63) is 22.7 Å². The van der Waals surface area contributed by atoms with Crippen molar-refractivity contribution in [1.82, 2.24) is 4.90 Å². The van der Waals surface area contributed by atoms with Crippen molar-refractivity contribution in [2.75, 3.05) is 13.9 Å². The van der Waals surface area contributed by atoms with E-state index in [-0.39, 0.29) is 18.7 Å². The minimum atomic E-state index is -0.644. The minimum absolute atomic E-state index is 0.0609. The van der Waals surface area contributed by atoms with Gasteiger partial charge in [0.1, 0.15) is 6.04 Å². The lowest BCUT2D eigenvalue weighted by atomic mass is 10.1. The van der Waals surface area contributed by atoms with Crippen LogP contribution in [0.25, 0.3) is 0 Å². The normalized spacial score (nSPS) is 17.0. The van der Waals surface area contributed by atoms with Gasteiger partial charge < -0.3 is 19.1 Å². The zero-order valence-corrected chi connectivity index (χ0v) is 13.1. The molecular weight excluding hydrogens is 310 g/mol. The number of hydrogen-bond donors (Lipinski definition) is 0. The molecule has 1 atom stereocenters. The molecule has 1 unspecified atom stereocenters. The van der Waals surface area contributed by atoms with E-state index in [4.69, 9.17) is 25.8 Å². The average Bonchev–Trinajstić information content (AvgIpc) is 3.22. The van der Waals surface area contributed by atoms with Gasteiger partial charge in [0.15, 0.2) is 11.5 Å². The summed E-state index contributed by atoms with van der Waals surface area (Å²) in [7, 11) is 1.31. The molecule has 0 saturated heterocycles. The highest BCUT2D eigenvalue weighted by atomic mass is 35.5. The maximum Gasteiger partial charge on any atom is 0.328 e. The third kappa shape index (κ3) is 2.59. The molecule has 0 bridgehead atoms. The molecule has 118 valence electrons. The Hall–Kier alpha value is -1.95. The number of rotatable bonds is 4. The molecule has 1 aromatic carbocycles. The fourth-order valence-corrected chi connectivity index (χ4v) is 2.80. The van der Waals surface area contributed by atoms with Crippen LogP contribution in [0.3, 0.4) is 0 Å². The van der Waals surface area contributed by atoms with Gasteiger partial charge in [-0.05, 0) is 31.9 Å². The highest BCUT2D eigenvalue weighted by Gasteiger charge is 2.39. The number of esters is 1. The zero-order valence-electron chi connectivity index (χ0n) is 12.3. The highest BCUT2D eigenvalue weighted by Crippen LogP contribution is 2.40. The molecular formula is C15H16ClNO5. The molecule has 1 heterocycles. The maximum absolute atomic E-state index is 12.8. The summed E-state index contributed by atoms with van der Waals surface area (Å²) in [5.74, 6) is 0.183. The first-order valence-corrected chi connectivity index (χ1v) is 7.40. The van der Waals surface area contributed by atoms with Gasteiger partial charge in [-0.2, -0.15) is 0 Å². The van der Waals surface area contributed by atoms with Gasteiger partial charge in [0.05, 0.1) is 12.1 Å². The summed E-state index contributed by atoms with van der Waals surface area (Å²) in [6.07, 6.45) is 1.76. The van der Waals surface area contributed by atoms with Crippen LogP contribution in [-0.4, -0.2) is 42.8 Å². The lowest BCUT2D eigenvalue weighted by molar-refractivity contribution is -0.145. The van der Waals surface area contributed by atoms with Crippen LogP contribution in [0.1, 0.15) is 30.1 Å². The van der Waals surface area contributed by atoms with Crippen LogP contribution < -0.4 is 9.47 Å². The van der Waals surface area contributed by atoms with Crippen LogP contribution in [-0.2, 0) is 9.53 Å². The highest BCUT2D eigenvalue weighted by molar-refractivity contribution is 6.32. The summed E-state index contributed by atoms with van der Waals surface area (Å²) < 4.78 is 15.3. The molecule has 1 saturated carbocycles. The van der Waals surface area contributed by atoms with Crippen LogP contribution in [0.15, 0.2) is 12.1 Å². The molecule has 3 rings (SSSR count). The predicted molar refractivity (Wildman–Crippen MR) is 78.2 cm³/mol. The molecule has 1 aliphatic heterocycles. The smallest absolute Gasteiger partial charge is 0.328 e. The lowest BCUT2D eigenvalue weighted by Gasteiger charge is -2.27. The molecule has 0 spiro atoms. The monoisotopic (exact) mass is 325 g/mol. The van der Waals surface area contributed by atoms with E-state index in [9.17, 15) is 9.59 Å². The van der Waals surface area contributed by atoms with Crippen LogP contribution >= 0.6 is 11.6 Å². The molecule has 0 radical (unpaired) electrons. The second-order valence-electron chi connectivity index (χ2n) is 5.33. The molecule has 2 aliphatic rings. The topological polar surface area (TPSA) is 65.1 Å². The SMILES string of the molecule is COC(=O)C(C)N(C(=O)c1cc(Cl)c2c(c1)OCO2)C1CC1. The Labute approximate surface area is 132 Å². The van der Waals surface area contributed by atoms with E-state index in [1.165, 1.54) is 13.2 Å². The fraction of sp³-hybridized carbons (Fsp3) is 0.467. The van der Waals surface area contributed by atoms with Gasteiger partial charge in [-0.25, -0.2) is 4.79 Å². The summed E-state index contributed by atoms with van der Waals surface area (Å²) in [5, 5.41) is 0.319. The third-order valence-corrected chi connectivity index (χ3v) is 4.09. The summed E-state index contributed by atoms with van der Waals surface area (Å²) in [5.41, 5.74) is 0.372. The van der Waals surface area contributed by atoms with Gasteiger partial charge in [-0.3, -0.25) is 4.79 Å². The van der Waals surface area contributed by atoms with Crippen molar-refractivity contribution in [3.8, 4) is 11.5 Å². The third-order valence-electron chi connectivity index (χ3n) is 3.81. The summed E-state index contributed by atoms with van der Waals surface area (Å²) in [6.45, 7) is 1.74. The molecule has 22 heavy (non-hydrogen) atoms. The quantitative estimate of drug-likeness (QED) is 0.794. The number of carbonyl (C=O) groups excluding carboxylic acids is 2. The zero-order chi connectivity index (χ0) is 15.9. The van der Waals surface area contributed by atoms with E-state index in [1.54, 1.807) is 17.9 Å². The Morgan fingerprint density at radius 3 is 2.73 bits per heavy atom. The molecule has 1 aromatic rings. The summed E-state index contributed by atoms with van der Waals surface area (Å²) in [6, 6.07) is 2.55. The van der Waals surface area contributed by atoms with E-state index < -0.39 is 12.0 Å². The van der Waals surface area contributed by atoms with Crippen LogP contribution in [0, 0.1) is 0 Å². The Bertz CT molecular complexity index is 629. The number of nitrogens with zero attached hydrogens (tertiary/aromatic N) is 1. The second-order valence-corrected chi connectivity index (χ2v) is 5.74. The van der Waals surface area contributed by atoms with Crippen molar-refractivity contribution in [2.45, 2.75) is 31.8 Å². The van der Waals surface area contributed by atoms with Crippen molar-refractivity contribution in [1.29, 1.82) is 0 Å². The first-order valence-electron chi connectivity index (χ1n) is 7.02. The predicted octanol–water partition coefficient (Wildman–Crippen LogP) is 2.23. The number of benzene rings is 1. The van der Waals surface area contributed by atoms with Crippen molar-refractivity contribution in [3.63, 3.8) is 0 Å². The molecule has 0 aromatic heterocycles. The van der Waals surface area contributed by atoms with Crippen LogP contribution in [0.5, 0.6) is 11.5 Å². The van der Waals surface area contributed by atoms with Gasteiger partial charge in [0.2, 0.25) is 6.79 Å². The second kappa shape index (κ2) is 5.68. The Kier molecular flexibility index (Phi) is 3.87. The molecule has 1 aliphatic carbocycles. The van der Waals surface area contributed by atoms with Crippen LogP contribution in [0.2, 0.25) is 5.02 Å². The van der Waals surface area contributed by atoms with Crippen molar-refractivity contribution in [2.24, 2.45) is 0 Å². The lowest BCUT2D eigenvalue weighted by Crippen LogP contribution is -2.45. The van der Waals surface area contributed by atoms with Gasteiger partial charge in [-0.1, -0.05) is 11.6 Å². The number of hydrogen-bond acceptors (Lipinski definition) is 5. The van der Waals surface area contributed by atoms with E-state index in [2.05, 4.69) is 0 Å². The first kappa shape index (κ1) is 15.0. The van der Waals surface area contributed by atoms with E-state index in [1.807, 2.05) is 0 Å². The largest absolute Gasteiger partial charge is 0.467 e. The van der Waals surface area contributed by atoms with Gasteiger partial charge >= 0.3 is 5.97 Å². The summed E-state index contributed by atoms with van der Waals surface area (Å²) in [4.78, 5) is 26.1. The molecule has 7 heteroatoms. The van der Waals surface area contributed by atoms with Gasteiger partial charge in [0, 0.05) is 11.6 Å². The average molecular weight is 326 g/mol. The van der Waals surface area contributed by atoms with Gasteiger partial charge in [-0.15, -0.1) is 0 Å². The number of methoxy groups -OCH3 is 1. The van der Waals surface area contributed by atoms with Crippen molar-refractivity contribution >= 4 is 23.5 Å². The Morgan fingerprint density at radius 1 is 1.36 bits per heavy atom. The molecule has 1 amide bonds. The standard InChI is InChI=1S/C15H16ClNO5/c1-8(15(19)20-2)17(10-3-4-10)14(18)9-5-11(16)13-12(6-9)21-7-22-13/h5-6,8,10H,3-4,7H2,1-2H3. The van der Waals surface area contributed by atoms with E-state index in [0.29, 0.717) is 22.1 Å². The number of amides is 1. The van der Waals surface area contributed by atoms with Gasteiger partial charge in [0.25, 0.3) is 5.91 Å². The first-order chi connectivity index (χ1) is 10.5. The van der Waals surface area contributed by atoms with E-state index in [0.717, 1.165) is 12.8 Å². The van der Waals surface area contributed by atoms with E-state index >= 15 is 0 Å². The number of fused-ring (bicyclic) bond motifs is 1. The molecule has 0 N–H and O–H groups in total. The Morgan fingerprint density at radius 2 is 2.09 bits per heavy atom. The Balaban J connectivity index is 1.91. The number of ether oxygens (including phenoxy) is 3. The molecule has 1 fully saturated rings. The number of halogens is 1. The summed E-state index contributed by atoms with van der Waals surface area (Å²) >= 11 is 6.12. The number of carbonyl (C=O) groups is 2. The minimum Gasteiger partial charge on any atom is -0.467 e. The van der Waals surface area contributed by atoms with Crippen molar-refractivity contribution < 1.29 is 23.8 Å². The fourth-order valence-electron chi connectivity index (χ4n) is 2.53. The molecule has 6 nitrogen and oxygen atoms in total. The van der Waals surface area contributed by atoms with Crippen LogP contribution in [0.4, 0.5) is 0 Å². The maximum atomic E-state index is 12.8.